The van der Waals surface area contributed by atoms with Gasteiger partial charge >= 0.3 is 0 Å². The van der Waals surface area contributed by atoms with E-state index in [0.717, 1.165) is 10.2 Å². The van der Waals surface area contributed by atoms with Crippen LogP contribution in [0, 0.1) is 6.92 Å². The fraction of sp³-hybridized carbons (Fsp3) is 0.364. The zero-order valence-electron chi connectivity index (χ0n) is 9.34. The molecule has 0 aliphatic rings. The Bertz CT molecular complexity index is 371. The third-order valence-electron chi connectivity index (χ3n) is 2.03. The Labute approximate surface area is 110 Å². The van der Waals surface area contributed by atoms with Crippen molar-refractivity contribution in [3.63, 3.8) is 0 Å². The molecule has 0 spiro atoms. The first-order valence-corrected chi connectivity index (χ1v) is 6.14. The van der Waals surface area contributed by atoms with Crippen molar-refractivity contribution in [3.05, 3.63) is 28.2 Å². The molecule has 16 heavy (non-hydrogen) atoms. The van der Waals surface area contributed by atoms with Crippen LogP contribution in [0.15, 0.2) is 22.7 Å². The number of aryl methyl sites for hydroxylation is 1. The van der Waals surface area contributed by atoms with Crippen LogP contribution in [0.1, 0.15) is 5.56 Å². The van der Waals surface area contributed by atoms with Crippen molar-refractivity contribution in [2.75, 3.05) is 25.6 Å². The van der Waals surface area contributed by atoms with Crippen LogP contribution in [0.3, 0.4) is 0 Å². The van der Waals surface area contributed by atoms with Crippen LogP contribution in [0.5, 0.6) is 0 Å². The van der Waals surface area contributed by atoms with Gasteiger partial charge in [0.25, 0.3) is 0 Å². The van der Waals surface area contributed by atoms with Gasteiger partial charge in [-0.05, 0) is 46.7 Å². The monoisotopic (exact) mass is 302 g/mol. The number of hydrogen-bond acceptors (Lipinski definition) is 2. The zero-order chi connectivity index (χ0) is 12.0. The summed E-state index contributed by atoms with van der Waals surface area (Å²) < 4.78 is 5.96. The summed E-state index contributed by atoms with van der Waals surface area (Å²) in [5.74, 6) is 0. The lowest BCUT2D eigenvalue weighted by Crippen LogP contribution is -2.31. The third-order valence-corrected chi connectivity index (χ3v) is 3.33. The number of thiocarbonyl (C=S) groups is 1. The lowest BCUT2D eigenvalue weighted by atomic mass is 10.2. The van der Waals surface area contributed by atoms with Gasteiger partial charge in [0.15, 0.2) is 5.11 Å². The number of rotatable bonds is 4. The fourth-order valence-electron chi connectivity index (χ4n) is 1.18. The molecule has 0 unspecified atom stereocenters. The summed E-state index contributed by atoms with van der Waals surface area (Å²) in [4.78, 5) is 0. The molecule has 0 aliphatic carbocycles. The van der Waals surface area contributed by atoms with Crippen LogP contribution in [-0.2, 0) is 4.74 Å². The number of anilines is 1. The van der Waals surface area contributed by atoms with E-state index in [0.29, 0.717) is 18.3 Å². The lowest BCUT2D eigenvalue weighted by Gasteiger charge is -2.12. The van der Waals surface area contributed by atoms with Gasteiger partial charge in [-0.3, -0.25) is 0 Å². The molecule has 0 heterocycles. The maximum absolute atomic E-state index is 5.15. The van der Waals surface area contributed by atoms with E-state index in [1.165, 1.54) is 5.56 Å². The summed E-state index contributed by atoms with van der Waals surface area (Å²) in [7, 11) is 1.66. The number of hydrogen-bond donors (Lipinski definition) is 2. The highest BCUT2D eigenvalue weighted by molar-refractivity contribution is 9.10. The molecule has 0 bridgehead atoms. The van der Waals surface area contributed by atoms with Crippen LogP contribution in [0.2, 0.25) is 0 Å². The first-order chi connectivity index (χ1) is 7.65. The Morgan fingerprint density at radius 2 is 2.25 bits per heavy atom. The van der Waals surface area contributed by atoms with Gasteiger partial charge < -0.3 is 15.4 Å². The Balaban J connectivity index is 2.53. The van der Waals surface area contributed by atoms with E-state index in [9.17, 15) is 0 Å². The Morgan fingerprint density at radius 3 is 2.94 bits per heavy atom. The molecule has 5 heteroatoms. The van der Waals surface area contributed by atoms with Gasteiger partial charge in [0.2, 0.25) is 0 Å². The first-order valence-electron chi connectivity index (χ1n) is 4.94. The average Bonchev–Trinajstić information content (AvgIpc) is 2.25. The highest BCUT2D eigenvalue weighted by Gasteiger charge is 2.03. The van der Waals surface area contributed by atoms with Crippen molar-refractivity contribution in [2.45, 2.75) is 6.92 Å². The summed E-state index contributed by atoms with van der Waals surface area (Å²) in [6.45, 7) is 3.37. The van der Waals surface area contributed by atoms with Crippen LogP contribution in [-0.4, -0.2) is 25.4 Å². The summed E-state index contributed by atoms with van der Waals surface area (Å²) in [5.41, 5.74) is 2.14. The van der Waals surface area contributed by atoms with Crippen LogP contribution < -0.4 is 10.6 Å². The van der Waals surface area contributed by atoms with Crippen molar-refractivity contribution in [1.82, 2.24) is 5.32 Å². The molecule has 3 nitrogen and oxygen atoms in total. The van der Waals surface area contributed by atoms with Crippen molar-refractivity contribution in [2.24, 2.45) is 0 Å². The van der Waals surface area contributed by atoms with Gasteiger partial charge in [0.05, 0.1) is 12.3 Å². The van der Waals surface area contributed by atoms with Gasteiger partial charge in [-0.25, -0.2) is 0 Å². The molecule has 0 radical (unpaired) electrons. The molecule has 0 fully saturated rings. The van der Waals surface area contributed by atoms with E-state index >= 15 is 0 Å². The summed E-state index contributed by atoms with van der Waals surface area (Å²) in [6.07, 6.45) is 0. The van der Waals surface area contributed by atoms with Gasteiger partial charge in [-0.2, -0.15) is 0 Å². The predicted octanol–water partition coefficient (Wildman–Crippen LogP) is 2.69. The molecule has 88 valence electrons. The van der Waals surface area contributed by atoms with Crippen LogP contribution in [0.4, 0.5) is 5.69 Å². The molecule has 0 amide bonds. The number of nitrogens with one attached hydrogen (secondary N) is 2. The SMILES string of the molecule is COCCNC(=S)Nc1cccc(C)c1Br. The quantitative estimate of drug-likeness (QED) is 0.662. The average molecular weight is 303 g/mol. The lowest BCUT2D eigenvalue weighted by molar-refractivity contribution is 0.204. The largest absolute Gasteiger partial charge is 0.383 e. The second kappa shape index (κ2) is 6.83. The Hall–Kier alpha value is -0.650. The summed E-state index contributed by atoms with van der Waals surface area (Å²) in [6, 6.07) is 6.00. The normalized spacial score (nSPS) is 9.94. The molecule has 0 atom stereocenters. The number of methoxy groups -OCH3 is 1. The van der Waals surface area contributed by atoms with E-state index in [2.05, 4.69) is 26.6 Å². The van der Waals surface area contributed by atoms with E-state index in [1.54, 1.807) is 7.11 Å². The highest BCUT2D eigenvalue weighted by Crippen LogP contribution is 2.25. The van der Waals surface area contributed by atoms with E-state index < -0.39 is 0 Å². The minimum atomic E-state index is 0.600. The van der Waals surface area contributed by atoms with Crippen molar-refractivity contribution >= 4 is 38.9 Å². The Kier molecular flexibility index (Phi) is 5.73. The standard InChI is InChI=1S/C11H15BrN2OS/c1-8-4-3-5-9(10(8)12)14-11(16)13-6-7-15-2/h3-5H,6-7H2,1-2H3,(H2,13,14,16). The number of ether oxygens (including phenoxy) is 1. The van der Waals surface area contributed by atoms with Gasteiger partial charge in [0, 0.05) is 18.1 Å². The van der Waals surface area contributed by atoms with Crippen LogP contribution >= 0.6 is 28.1 Å². The van der Waals surface area contributed by atoms with Gasteiger partial charge in [0.1, 0.15) is 0 Å². The van der Waals surface area contributed by atoms with Crippen molar-refractivity contribution in [3.8, 4) is 0 Å². The second-order valence-corrected chi connectivity index (χ2v) is 4.51. The topological polar surface area (TPSA) is 33.3 Å². The molecular formula is C11H15BrN2OS. The molecule has 0 saturated heterocycles. The van der Waals surface area contributed by atoms with E-state index in [1.807, 2.05) is 25.1 Å². The van der Waals surface area contributed by atoms with E-state index in [4.69, 9.17) is 17.0 Å². The first kappa shape index (κ1) is 13.4. The molecule has 0 aromatic heterocycles. The summed E-state index contributed by atoms with van der Waals surface area (Å²) >= 11 is 8.67. The molecule has 1 aromatic rings. The maximum Gasteiger partial charge on any atom is 0.170 e. The minimum Gasteiger partial charge on any atom is -0.383 e. The molecule has 2 N–H and O–H groups in total. The number of benzene rings is 1. The zero-order valence-corrected chi connectivity index (χ0v) is 11.7. The Morgan fingerprint density at radius 1 is 1.50 bits per heavy atom. The van der Waals surface area contributed by atoms with Crippen molar-refractivity contribution < 1.29 is 4.74 Å². The van der Waals surface area contributed by atoms with Gasteiger partial charge in [-0.1, -0.05) is 12.1 Å². The van der Waals surface area contributed by atoms with E-state index in [-0.39, 0.29) is 0 Å². The number of halogens is 1. The minimum absolute atomic E-state index is 0.600. The molecule has 1 rings (SSSR count). The second-order valence-electron chi connectivity index (χ2n) is 3.31. The summed E-state index contributed by atoms with van der Waals surface area (Å²) in [5, 5.41) is 6.78. The highest BCUT2D eigenvalue weighted by atomic mass is 79.9. The molecule has 0 saturated carbocycles. The fourth-order valence-corrected chi connectivity index (χ4v) is 1.75. The smallest absolute Gasteiger partial charge is 0.170 e. The van der Waals surface area contributed by atoms with Crippen LogP contribution in [0.25, 0.3) is 0 Å². The molecule has 0 aliphatic heterocycles. The van der Waals surface area contributed by atoms with Gasteiger partial charge in [-0.15, -0.1) is 0 Å². The molecule has 1 aromatic carbocycles. The van der Waals surface area contributed by atoms with Crippen molar-refractivity contribution in [1.29, 1.82) is 0 Å². The molecular weight excluding hydrogens is 288 g/mol. The predicted molar refractivity (Wildman–Crippen MR) is 75.0 cm³/mol. The maximum atomic E-state index is 5.15. The third kappa shape index (κ3) is 4.08.